The average molecular weight is 227 g/mol. The molecule has 0 saturated carbocycles. The molecule has 3 N–H and O–H groups in total. The highest BCUT2D eigenvalue weighted by Crippen LogP contribution is 2.25. The van der Waals surface area contributed by atoms with Crippen molar-refractivity contribution in [3.63, 3.8) is 0 Å². The SMILES string of the molecule is CC(C)(C)C(=O)Nc1cc(Cl)ccc1N. The summed E-state index contributed by atoms with van der Waals surface area (Å²) >= 11 is 5.81. The maximum atomic E-state index is 11.7. The molecule has 1 aromatic rings. The van der Waals surface area contributed by atoms with Gasteiger partial charge >= 0.3 is 0 Å². The highest BCUT2D eigenvalue weighted by molar-refractivity contribution is 6.31. The van der Waals surface area contributed by atoms with Gasteiger partial charge in [-0.05, 0) is 18.2 Å². The number of rotatable bonds is 1. The third kappa shape index (κ3) is 3.13. The molecule has 0 spiro atoms. The fourth-order valence-electron chi connectivity index (χ4n) is 0.947. The van der Waals surface area contributed by atoms with Gasteiger partial charge in [0.1, 0.15) is 0 Å². The summed E-state index contributed by atoms with van der Waals surface area (Å²) in [6.07, 6.45) is 0. The van der Waals surface area contributed by atoms with E-state index in [4.69, 9.17) is 17.3 Å². The predicted molar refractivity (Wildman–Crippen MR) is 63.9 cm³/mol. The third-order valence-corrected chi connectivity index (χ3v) is 2.18. The van der Waals surface area contributed by atoms with Crippen molar-refractivity contribution in [2.45, 2.75) is 20.8 Å². The number of anilines is 2. The van der Waals surface area contributed by atoms with Crippen LogP contribution in [0.5, 0.6) is 0 Å². The predicted octanol–water partition coefficient (Wildman–Crippen LogP) is 2.91. The van der Waals surface area contributed by atoms with E-state index in [9.17, 15) is 4.79 Å². The van der Waals surface area contributed by atoms with Crippen molar-refractivity contribution < 1.29 is 4.79 Å². The number of hydrogen-bond donors (Lipinski definition) is 2. The quantitative estimate of drug-likeness (QED) is 0.724. The molecule has 1 rings (SSSR count). The Morgan fingerprint density at radius 3 is 2.53 bits per heavy atom. The number of nitrogens with one attached hydrogen (secondary N) is 1. The first kappa shape index (κ1) is 11.9. The van der Waals surface area contributed by atoms with Gasteiger partial charge in [-0.25, -0.2) is 0 Å². The molecule has 0 fully saturated rings. The van der Waals surface area contributed by atoms with Gasteiger partial charge in [0, 0.05) is 10.4 Å². The van der Waals surface area contributed by atoms with Gasteiger partial charge in [-0.2, -0.15) is 0 Å². The van der Waals surface area contributed by atoms with Crippen molar-refractivity contribution >= 4 is 28.9 Å². The molecule has 4 heteroatoms. The summed E-state index contributed by atoms with van der Waals surface area (Å²) in [7, 11) is 0. The van der Waals surface area contributed by atoms with Crippen LogP contribution in [0.25, 0.3) is 0 Å². The largest absolute Gasteiger partial charge is 0.397 e. The fourth-order valence-corrected chi connectivity index (χ4v) is 1.12. The van der Waals surface area contributed by atoms with Crippen molar-refractivity contribution in [1.29, 1.82) is 0 Å². The monoisotopic (exact) mass is 226 g/mol. The second kappa shape index (κ2) is 4.11. The van der Waals surface area contributed by atoms with Crippen LogP contribution in [0.1, 0.15) is 20.8 Å². The standard InChI is InChI=1S/C11H15ClN2O/c1-11(2,3)10(15)14-9-6-7(12)4-5-8(9)13/h4-6H,13H2,1-3H3,(H,14,15). The highest BCUT2D eigenvalue weighted by atomic mass is 35.5. The summed E-state index contributed by atoms with van der Waals surface area (Å²) in [6.45, 7) is 5.51. The number of nitrogen functional groups attached to an aromatic ring is 1. The zero-order valence-electron chi connectivity index (χ0n) is 9.10. The lowest BCUT2D eigenvalue weighted by Crippen LogP contribution is -2.27. The summed E-state index contributed by atoms with van der Waals surface area (Å²) < 4.78 is 0. The van der Waals surface area contributed by atoms with Gasteiger partial charge < -0.3 is 11.1 Å². The minimum Gasteiger partial charge on any atom is -0.397 e. The summed E-state index contributed by atoms with van der Waals surface area (Å²) in [5.41, 5.74) is 6.33. The second-order valence-electron chi connectivity index (χ2n) is 4.44. The van der Waals surface area contributed by atoms with Gasteiger partial charge in [0.15, 0.2) is 0 Å². The lowest BCUT2D eigenvalue weighted by molar-refractivity contribution is -0.123. The molecular formula is C11H15ClN2O. The first-order valence-electron chi connectivity index (χ1n) is 4.67. The summed E-state index contributed by atoms with van der Waals surface area (Å²) in [5, 5.41) is 3.29. The van der Waals surface area contributed by atoms with E-state index < -0.39 is 5.41 Å². The number of nitrogens with two attached hydrogens (primary N) is 1. The molecule has 0 saturated heterocycles. The average Bonchev–Trinajstić information content (AvgIpc) is 2.09. The maximum Gasteiger partial charge on any atom is 0.229 e. The number of benzene rings is 1. The van der Waals surface area contributed by atoms with Crippen molar-refractivity contribution in [2.24, 2.45) is 5.41 Å². The molecule has 0 unspecified atom stereocenters. The molecule has 0 aliphatic rings. The van der Waals surface area contributed by atoms with Gasteiger partial charge in [0.25, 0.3) is 0 Å². The van der Waals surface area contributed by atoms with Crippen LogP contribution >= 0.6 is 11.6 Å². The van der Waals surface area contributed by atoms with E-state index >= 15 is 0 Å². The van der Waals surface area contributed by atoms with Crippen LogP contribution < -0.4 is 11.1 Å². The van der Waals surface area contributed by atoms with Gasteiger partial charge in [0.2, 0.25) is 5.91 Å². The number of halogens is 1. The van der Waals surface area contributed by atoms with E-state index in [1.165, 1.54) is 0 Å². The molecule has 0 aliphatic carbocycles. The number of hydrogen-bond acceptors (Lipinski definition) is 2. The first-order valence-corrected chi connectivity index (χ1v) is 5.05. The van der Waals surface area contributed by atoms with Crippen LogP contribution in [0.3, 0.4) is 0 Å². The zero-order valence-corrected chi connectivity index (χ0v) is 9.85. The Hall–Kier alpha value is -1.22. The van der Waals surface area contributed by atoms with E-state index in [1.807, 2.05) is 20.8 Å². The number of carbonyl (C=O) groups is 1. The normalized spacial score (nSPS) is 11.2. The first-order chi connectivity index (χ1) is 6.80. The molecule has 15 heavy (non-hydrogen) atoms. The van der Waals surface area contributed by atoms with Crippen LogP contribution in [-0.2, 0) is 4.79 Å². The van der Waals surface area contributed by atoms with Crippen LogP contribution in [-0.4, -0.2) is 5.91 Å². The Labute approximate surface area is 94.6 Å². The van der Waals surface area contributed by atoms with Crippen LogP contribution in [0.4, 0.5) is 11.4 Å². The highest BCUT2D eigenvalue weighted by Gasteiger charge is 2.21. The zero-order chi connectivity index (χ0) is 11.6. The minimum absolute atomic E-state index is 0.0866. The van der Waals surface area contributed by atoms with Gasteiger partial charge in [-0.3, -0.25) is 4.79 Å². The molecule has 1 amide bonds. The van der Waals surface area contributed by atoms with E-state index in [0.29, 0.717) is 16.4 Å². The summed E-state index contributed by atoms with van der Waals surface area (Å²) in [4.78, 5) is 11.7. The molecule has 0 aliphatic heterocycles. The molecule has 0 aromatic heterocycles. The van der Waals surface area contributed by atoms with Gasteiger partial charge in [0.05, 0.1) is 11.4 Å². The number of carbonyl (C=O) groups excluding carboxylic acids is 1. The minimum atomic E-state index is -0.450. The molecule has 1 aromatic carbocycles. The Kier molecular flexibility index (Phi) is 3.25. The Morgan fingerprint density at radius 1 is 1.40 bits per heavy atom. The van der Waals surface area contributed by atoms with Crippen molar-refractivity contribution in [3.05, 3.63) is 23.2 Å². The molecule has 3 nitrogen and oxygen atoms in total. The van der Waals surface area contributed by atoms with Gasteiger partial charge in [-0.1, -0.05) is 32.4 Å². The summed E-state index contributed by atoms with van der Waals surface area (Å²) in [6, 6.07) is 4.99. The lowest BCUT2D eigenvalue weighted by atomic mass is 9.95. The molecule has 82 valence electrons. The van der Waals surface area contributed by atoms with E-state index in [2.05, 4.69) is 5.32 Å². The Bertz CT molecular complexity index is 383. The van der Waals surface area contributed by atoms with E-state index in [0.717, 1.165) is 0 Å². The Balaban J connectivity index is 2.90. The molecule has 0 atom stereocenters. The van der Waals surface area contributed by atoms with Gasteiger partial charge in [-0.15, -0.1) is 0 Å². The molecule has 0 bridgehead atoms. The molecule has 0 radical (unpaired) electrons. The van der Waals surface area contributed by atoms with Crippen LogP contribution in [0.15, 0.2) is 18.2 Å². The van der Waals surface area contributed by atoms with Crippen molar-refractivity contribution in [2.75, 3.05) is 11.1 Å². The van der Waals surface area contributed by atoms with E-state index in [1.54, 1.807) is 18.2 Å². The molecule has 0 heterocycles. The second-order valence-corrected chi connectivity index (χ2v) is 4.87. The topological polar surface area (TPSA) is 55.1 Å². The third-order valence-electron chi connectivity index (χ3n) is 1.94. The molecular weight excluding hydrogens is 212 g/mol. The van der Waals surface area contributed by atoms with Crippen molar-refractivity contribution in [1.82, 2.24) is 0 Å². The number of amides is 1. The maximum absolute atomic E-state index is 11.7. The Morgan fingerprint density at radius 2 is 2.00 bits per heavy atom. The van der Waals surface area contributed by atoms with Crippen LogP contribution in [0, 0.1) is 5.41 Å². The smallest absolute Gasteiger partial charge is 0.229 e. The van der Waals surface area contributed by atoms with Crippen molar-refractivity contribution in [3.8, 4) is 0 Å². The lowest BCUT2D eigenvalue weighted by Gasteiger charge is -2.18. The summed E-state index contributed by atoms with van der Waals surface area (Å²) in [5.74, 6) is -0.0866. The van der Waals surface area contributed by atoms with E-state index in [-0.39, 0.29) is 5.91 Å². The van der Waals surface area contributed by atoms with Crippen LogP contribution in [0.2, 0.25) is 5.02 Å². The fraction of sp³-hybridized carbons (Fsp3) is 0.364.